The molecular weight excluding hydrogens is 174 g/mol. The molecule has 1 heterocycles. The van der Waals surface area contributed by atoms with Crippen molar-refractivity contribution in [2.45, 2.75) is 0 Å². The van der Waals surface area contributed by atoms with Crippen molar-refractivity contribution in [2.75, 3.05) is 13.6 Å². The molecule has 0 atom stereocenters. The van der Waals surface area contributed by atoms with Crippen molar-refractivity contribution >= 4 is 11.8 Å². The molecule has 1 rings (SSSR count). The van der Waals surface area contributed by atoms with Gasteiger partial charge in [0.25, 0.3) is 5.91 Å². The summed E-state index contributed by atoms with van der Waals surface area (Å²) in [4.78, 5) is 25.4. The van der Waals surface area contributed by atoms with Gasteiger partial charge in [0.05, 0.1) is 6.54 Å². The number of rotatable bonds is 3. The normalized spacial score (nSPS) is 9.31. The zero-order valence-electron chi connectivity index (χ0n) is 7.03. The second-order valence-electron chi connectivity index (χ2n) is 2.23. The van der Waals surface area contributed by atoms with Crippen LogP contribution in [0.1, 0.15) is 10.5 Å². The summed E-state index contributed by atoms with van der Waals surface area (Å²) in [6, 6.07) is 0. The first-order valence-corrected chi connectivity index (χ1v) is 3.61. The molecule has 0 unspecified atom stereocenters. The minimum atomic E-state index is -0.433. The summed E-state index contributed by atoms with van der Waals surface area (Å²) in [6.07, 6.45) is 2.36. The number of amides is 2. The van der Waals surface area contributed by atoms with Gasteiger partial charge in [-0.1, -0.05) is 0 Å². The zero-order chi connectivity index (χ0) is 9.68. The number of hydrogen-bond acceptors (Lipinski definition) is 4. The molecule has 0 spiro atoms. The molecule has 0 aromatic carbocycles. The number of likely N-dealkylation sites (N-methyl/N-ethyl adjacent to an activating group) is 1. The molecular formula is C7H9N3O3. The van der Waals surface area contributed by atoms with E-state index in [0.717, 1.165) is 6.39 Å². The van der Waals surface area contributed by atoms with Crippen LogP contribution in [-0.2, 0) is 4.79 Å². The first kappa shape index (κ1) is 9.24. The van der Waals surface area contributed by atoms with Crippen molar-refractivity contribution < 1.29 is 14.0 Å². The van der Waals surface area contributed by atoms with Gasteiger partial charge < -0.3 is 15.1 Å². The Balaban J connectivity index is 2.39. The molecule has 0 aliphatic rings. The van der Waals surface area contributed by atoms with Crippen molar-refractivity contribution in [1.82, 2.24) is 15.6 Å². The monoisotopic (exact) mass is 183 g/mol. The first-order valence-electron chi connectivity index (χ1n) is 3.61. The zero-order valence-corrected chi connectivity index (χ0v) is 7.03. The van der Waals surface area contributed by atoms with Crippen LogP contribution in [-0.4, -0.2) is 30.4 Å². The number of nitrogens with one attached hydrogen (secondary N) is 2. The average Bonchev–Trinajstić information content (AvgIpc) is 2.66. The van der Waals surface area contributed by atoms with Crippen LogP contribution < -0.4 is 10.6 Å². The van der Waals surface area contributed by atoms with Gasteiger partial charge in [0, 0.05) is 7.05 Å². The predicted molar refractivity (Wildman–Crippen MR) is 42.9 cm³/mol. The maximum atomic E-state index is 11.1. The molecule has 0 fully saturated rings. The lowest BCUT2D eigenvalue weighted by Gasteiger charge is -2.00. The van der Waals surface area contributed by atoms with Gasteiger partial charge in [0.2, 0.25) is 5.91 Å². The highest BCUT2D eigenvalue weighted by molar-refractivity contribution is 5.94. The Morgan fingerprint density at radius 2 is 2.38 bits per heavy atom. The molecule has 0 aliphatic carbocycles. The number of oxazole rings is 1. The van der Waals surface area contributed by atoms with E-state index in [-0.39, 0.29) is 18.1 Å². The molecule has 6 nitrogen and oxygen atoms in total. The van der Waals surface area contributed by atoms with Gasteiger partial charge in [0.15, 0.2) is 12.1 Å². The van der Waals surface area contributed by atoms with Gasteiger partial charge in [0.1, 0.15) is 6.26 Å². The SMILES string of the molecule is CNC(=O)CNC(=O)c1cocn1. The van der Waals surface area contributed by atoms with Crippen molar-refractivity contribution in [3.05, 3.63) is 18.4 Å². The molecule has 1 aromatic heterocycles. The Bertz CT molecular complexity index is 294. The molecule has 1 aromatic rings. The lowest BCUT2D eigenvalue weighted by atomic mass is 10.4. The smallest absolute Gasteiger partial charge is 0.273 e. The van der Waals surface area contributed by atoms with Crippen LogP contribution in [0.4, 0.5) is 0 Å². The maximum absolute atomic E-state index is 11.1. The third-order valence-corrected chi connectivity index (χ3v) is 1.35. The second-order valence-corrected chi connectivity index (χ2v) is 2.23. The number of nitrogens with zero attached hydrogens (tertiary/aromatic N) is 1. The molecule has 0 aliphatic heterocycles. The number of hydrogen-bond donors (Lipinski definition) is 2. The highest BCUT2D eigenvalue weighted by atomic mass is 16.3. The van der Waals surface area contributed by atoms with Crippen LogP contribution in [0, 0.1) is 0 Å². The topological polar surface area (TPSA) is 84.2 Å². The summed E-state index contributed by atoms with van der Waals surface area (Å²) in [5, 5.41) is 4.73. The Labute approximate surface area is 74.3 Å². The number of aromatic nitrogens is 1. The van der Waals surface area contributed by atoms with Gasteiger partial charge in [-0.2, -0.15) is 0 Å². The summed E-state index contributed by atoms with van der Waals surface area (Å²) in [5.41, 5.74) is 0.156. The van der Waals surface area contributed by atoms with Crippen LogP contribution in [0.2, 0.25) is 0 Å². The predicted octanol–water partition coefficient (Wildman–Crippen LogP) is -0.850. The number of carbonyl (C=O) groups excluding carboxylic acids is 2. The Hall–Kier alpha value is -1.85. The Kier molecular flexibility index (Phi) is 3.02. The highest BCUT2D eigenvalue weighted by Crippen LogP contribution is 1.92. The molecule has 70 valence electrons. The second kappa shape index (κ2) is 4.24. The van der Waals surface area contributed by atoms with Crippen molar-refractivity contribution in [1.29, 1.82) is 0 Å². The lowest BCUT2D eigenvalue weighted by Crippen LogP contribution is -2.35. The summed E-state index contributed by atoms with van der Waals surface area (Å²) >= 11 is 0. The van der Waals surface area contributed by atoms with Crippen LogP contribution in [0.5, 0.6) is 0 Å². The quantitative estimate of drug-likeness (QED) is 0.639. The number of carbonyl (C=O) groups is 2. The highest BCUT2D eigenvalue weighted by Gasteiger charge is 2.08. The molecule has 2 N–H and O–H groups in total. The molecule has 13 heavy (non-hydrogen) atoms. The average molecular weight is 183 g/mol. The minimum absolute atomic E-state index is 0.0673. The van der Waals surface area contributed by atoms with E-state index in [2.05, 4.69) is 20.0 Å². The Morgan fingerprint density at radius 1 is 1.62 bits per heavy atom. The van der Waals surface area contributed by atoms with Crippen molar-refractivity contribution in [2.24, 2.45) is 0 Å². The first-order chi connectivity index (χ1) is 6.24. The largest absolute Gasteiger partial charge is 0.451 e. The van der Waals surface area contributed by atoms with Gasteiger partial charge in [-0.15, -0.1) is 0 Å². The summed E-state index contributed by atoms with van der Waals surface area (Å²) in [7, 11) is 1.49. The van der Waals surface area contributed by atoms with Gasteiger partial charge in [-0.3, -0.25) is 9.59 Å². The fourth-order valence-corrected chi connectivity index (χ4v) is 0.664. The van der Waals surface area contributed by atoms with Gasteiger partial charge in [-0.05, 0) is 0 Å². The van der Waals surface area contributed by atoms with E-state index in [1.807, 2.05) is 0 Å². The van der Waals surface area contributed by atoms with E-state index >= 15 is 0 Å². The van der Waals surface area contributed by atoms with E-state index in [1.165, 1.54) is 13.3 Å². The van der Waals surface area contributed by atoms with Crippen molar-refractivity contribution in [3.8, 4) is 0 Å². The van der Waals surface area contributed by atoms with E-state index in [1.54, 1.807) is 0 Å². The molecule has 2 amide bonds. The molecule has 0 saturated carbocycles. The Morgan fingerprint density at radius 3 is 2.92 bits per heavy atom. The van der Waals surface area contributed by atoms with Gasteiger partial charge >= 0.3 is 0 Å². The van der Waals surface area contributed by atoms with Crippen LogP contribution in [0.25, 0.3) is 0 Å². The minimum Gasteiger partial charge on any atom is -0.451 e. The maximum Gasteiger partial charge on any atom is 0.273 e. The van der Waals surface area contributed by atoms with Crippen molar-refractivity contribution in [3.63, 3.8) is 0 Å². The summed E-state index contributed by atoms with van der Waals surface area (Å²) < 4.78 is 4.60. The summed E-state index contributed by atoms with van der Waals surface area (Å²) in [5.74, 6) is -0.700. The molecule has 6 heteroatoms. The standard InChI is InChI=1S/C7H9N3O3/c1-8-6(11)2-9-7(12)5-3-13-4-10-5/h3-4H,2H2,1H3,(H,8,11)(H,9,12). The van der Waals surface area contributed by atoms with Crippen LogP contribution in [0.3, 0.4) is 0 Å². The fraction of sp³-hybridized carbons (Fsp3) is 0.286. The van der Waals surface area contributed by atoms with Crippen LogP contribution >= 0.6 is 0 Å². The third-order valence-electron chi connectivity index (χ3n) is 1.35. The summed E-state index contributed by atoms with van der Waals surface area (Å²) in [6.45, 7) is -0.0673. The van der Waals surface area contributed by atoms with E-state index in [9.17, 15) is 9.59 Å². The molecule has 0 saturated heterocycles. The van der Waals surface area contributed by atoms with Gasteiger partial charge in [-0.25, -0.2) is 4.98 Å². The van der Waals surface area contributed by atoms with Crippen LogP contribution in [0.15, 0.2) is 17.1 Å². The molecule has 0 bridgehead atoms. The fourth-order valence-electron chi connectivity index (χ4n) is 0.664. The van der Waals surface area contributed by atoms with E-state index in [0.29, 0.717) is 0 Å². The van der Waals surface area contributed by atoms with E-state index < -0.39 is 5.91 Å². The third kappa shape index (κ3) is 2.58. The van der Waals surface area contributed by atoms with E-state index in [4.69, 9.17) is 0 Å². The lowest BCUT2D eigenvalue weighted by molar-refractivity contribution is -0.119. The molecule has 0 radical (unpaired) electrons.